The van der Waals surface area contributed by atoms with Crippen LogP contribution in [-0.4, -0.2) is 162 Å². The molecule has 9 unspecified atom stereocenters. The van der Waals surface area contributed by atoms with Crippen molar-refractivity contribution in [2.45, 2.75) is 150 Å². The Balaban J connectivity index is 1.29. The fraction of sp³-hybridized carbons (Fsp3) is 1.00. The highest BCUT2D eigenvalue weighted by Crippen LogP contribution is 2.43. The number of hydrogen-bond donors (Lipinski definition) is 10. The van der Waals surface area contributed by atoms with Gasteiger partial charge in [0.1, 0.15) is 42.7 Å². The minimum atomic E-state index is -1.71. The summed E-state index contributed by atoms with van der Waals surface area (Å²) in [6.45, 7) is 1.04. The average Bonchev–Trinajstić information content (AvgIpc) is 2.95. The van der Waals surface area contributed by atoms with Crippen LogP contribution >= 0.6 is 0 Å². The molecule has 0 aromatic carbocycles. The van der Waals surface area contributed by atoms with Crippen molar-refractivity contribution < 1.29 is 74.7 Å². The Bertz CT molecular complexity index is 882. The van der Waals surface area contributed by atoms with Gasteiger partial charge in [-0.25, -0.2) is 0 Å². The van der Waals surface area contributed by atoms with E-state index in [0.29, 0.717) is 19.3 Å². The summed E-state index contributed by atoms with van der Waals surface area (Å²) >= 11 is 0. The number of rotatable bonds is 6. The Labute approximate surface area is 243 Å². The molecule has 244 valence electrons. The van der Waals surface area contributed by atoms with Gasteiger partial charge in [0.15, 0.2) is 12.6 Å². The van der Waals surface area contributed by atoms with Crippen LogP contribution in [0.4, 0.5) is 0 Å². The molecule has 0 amide bonds. The number of ether oxygens (including phenoxy) is 5. The predicted molar refractivity (Wildman–Crippen MR) is 137 cm³/mol. The van der Waals surface area contributed by atoms with E-state index < -0.39 is 117 Å². The van der Waals surface area contributed by atoms with Crippen LogP contribution in [0.1, 0.15) is 45.4 Å². The minimum Gasteiger partial charge on any atom is -0.393 e. The van der Waals surface area contributed by atoms with Crippen molar-refractivity contribution in [1.29, 1.82) is 0 Å². The molecule has 15 heteroatoms. The maximum absolute atomic E-state index is 10.8. The van der Waals surface area contributed by atoms with E-state index in [-0.39, 0.29) is 25.2 Å². The molecule has 3 aliphatic heterocycles. The monoisotopic (exact) mass is 610 g/mol. The molecule has 2 aliphatic carbocycles. The second-order valence-electron chi connectivity index (χ2n) is 12.6. The molecule has 5 fully saturated rings. The third kappa shape index (κ3) is 6.66. The van der Waals surface area contributed by atoms with Crippen LogP contribution in [0.5, 0.6) is 0 Å². The predicted octanol–water partition coefficient (Wildman–Crippen LogP) is -4.17. The highest BCUT2D eigenvalue weighted by Gasteiger charge is 2.52. The van der Waals surface area contributed by atoms with E-state index in [1.54, 1.807) is 0 Å². The smallest absolute Gasteiger partial charge is 0.187 e. The summed E-state index contributed by atoms with van der Waals surface area (Å²) in [5.74, 6) is -0.646. The lowest BCUT2D eigenvalue weighted by Gasteiger charge is -2.51. The van der Waals surface area contributed by atoms with E-state index in [1.165, 1.54) is 6.92 Å². The largest absolute Gasteiger partial charge is 0.393 e. The van der Waals surface area contributed by atoms with Crippen molar-refractivity contribution in [3.8, 4) is 0 Å². The summed E-state index contributed by atoms with van der Waals surface area (Å²) in [6.07, 6.45) is -18.0. The van der Waals surface area contributed by atoms with Crippen LogP contribution in [0.3, 0.4) is 0 Å². The van der Waals surface area contributed by atoms with Gasteiger partial charge in [-0.05, 0) is 51.4 Å². The van der Waals surface area contributed by atoms with Gasteiger partial charge in [0.2, 0.25) is 0 Å². The summed E-state index contributed by atoms with van der Waals surface area (Å²) in [4.78, 5) is 0. The van der Waals surface area contributed by atoms with E-state index in [9.17, 15) is 51.1 Å². The molecule has 0 aromatic rings. The zero-order valence-corrected chi connectivity index (χ0v) is 23.4. The fourth-order valence-corrected chi connectivity index (χ4v) is 7.09. The van der Waals surface area contributed by atoms with Crippen LogP contribution in [0.2, 0.25) is 0 Å². The third-order valence-corrected chi connectivity index (χ3v) is 9.69. The first-order valence-electron chi connectivity index (χ1n) is 14.9. The van der Waals surface area contributed by atoms with Crippen molar-refractivity contribution in [2.24, 2.45) is 11.8 Å². The van der Waals surface area contributed by atoms with E-state index in [1.807, 2.05) is 0 Å². The van der Waals surface area contributed by atoms with Crippen molar-refractivity contribution in [2.75, 3.05) is 6.61 Å². The number of fused-ring (bicyclic) bond motifs is 1. The van der Waals surface area contributed by atoms with Crippen molar-refractivity contribution in [3.05, 3.63) is 0 Å². The molecule has 0 aromatic heterocycles. The minimum absolute atomic E-state index is 0.169. The topological polar surface area (TPSA) is 248 Å². The summed E-state index contributed by atoms with van der Waals surface area (Å²) in [5.41, 5.74) is 0. The Kier molecular flexibility index (Phi) is 10.5. The van der Waals surface area contributed by atoms with Crippen LogP contribution in [0.25, 0.3) is 0 Å². The first-order chi connectivity index (χ1) is 19.8. The molecule has 5 rings (SSSR count). The molecule has 15 nitrogen and oxygen atoms in total. The number of hydrogen-bond acceptors (Lipinski definition) is 15. The highest BCUT2D eigenvalue weighted by molar-refractivity contribution is 4.99. The number of aliphatic hydroxyl groups excluding tert-OH is 10. The lowest BCUT2D eigenvalue weighted by Crippen LogP contribution is -2.63. The molecule has 42 heavy (non-hydrogen) atoms. The molecule has 2 saturated carbocycles. The standard InChI is InChI=1S/C27H46O15/c1-9-19(32)21(34)23(36)26(39-9)38-8-18-20(33)22(35)24(37)27(42-18)41-17-7-12-14(30)5-11(28)6-16(12)40-25(17)10-2-3-13(29)15(31)4-10/h9-37H,2-8H2,1H3/t9-,10?,11?,12?,13?,14?,15?,16?,17?,18-,19+,20+,21-,22+,23+,24-,25?,26-,27+/m1/s1. The Morgan fingerprint density at radius 1 is 0.619 bits per heavy atom. The van der Waals surface area contributed by atoms with Gasteiger partial charge in [0.25, 0.3) is 0 Å². The van der Waals surface area contributed by atoms with Crippen LogP contribution in [-0.2, 0) is 23.7 Å². The summed E-state index contributed by atoms with van der Waals surface area (Å²) in [6, 6.07) is 0. The Morgan fingerprint density at radius 2 is 1.31 bits per heavy atom. The fourth-order valence-electron chi connectivity index (χ4n) is 7.09. The van der Waals surface area contributed by atoms with E-state index >= 15 is 0 Å². The van der Waals surface area contributed by atoms with Gasteiger partial charge in [-0.3, -0.25) is 0 Å². The second kappa shape index (κ2) is 13.4. The summed E-state index contributed by atoms with van der Waals surface area (Å²) in [5, 5.41) is 104. The second-order valence-corrected chi connectivity index (χ2v) is 12.6. The van der Waals surface area contributed by atoms with Gasteiger partial charge < -0.3 is 74.7 Å². The van der Waals surface area contributed by atoms with E-state index in [0.717, 1.165) is 0 Å². The summed E-state index contributed by atoms with van der Waals surface area (Å²) in [7, 11) is 0. The molecule has 3 heterocycles. The Hall–Kier alpha value is -0.600. The Morgan fingerprint density at radius 3 is 2.02 bits per heavy atom. The van der Waals surface area contributed by atoms with Crippen LogP contribution in [0, 0.1) is 11.8 Å². The molecular weight excluding hydrogens is 564 g/mol. The normalized spacial score (nSPS) is 55.6. The SMILES string of the molecule is C[C@H]1O[C@@H](OC[C@H]2O[C@H](OC3CC4C(O)CC(O)CC4OC3C3CCC(O)C(O)C3)[C@H](O)[C@@H](O)[C@H]2O)[C@@H](O)[C@H](O)[C@H]1O. The van der Waals surface area contributed by atoms with Crippen LogP contribution < -0.4 is 0 Å². The van der Waals surface area contributed by atoms with Gasteiger partial charge in [-0.15, -0.1) is 0 Å². The lowest BCUT2D eigenvalue weighted by atomic mass is 9.72. The highest BCUT2D eigenvalue weighted by atomic mass is 16.7. The molecule has 0 radical (unpaired) electrons. The summed E-state index contributed by atoms with van der Waals surface area (Å²) < 4.78 is 29.4. The lowest BCUT2D eigenvalue weighted by molar-refractivity contribution is -0.345. The van der Waals surface area contributed by atoms with Crippen molar-refractivity contribution >= 4 is 0 Å². The zero-order chi connectivity index (χ0) is 30.5. The van der Waals surface area contributed by atoms with Crippen molar-refractivity contribution in [3.63, 3.8) is 0 Å². The van der Waals surface area contributed by atoms with Crippen LogP contribution in [0.15, 0.2) is 0 Å². The first kappa shape index (κ1) is 32.8. The molecule has 0 spiro atoms. The molecule has 19 atom stereocenters. The molecular formula is C27H46O15. The van der Waals surface area contributed by atoms with Gasteiger partial charge in [0.05, 0.1) is 55.4 Å². The quantitative estimate of drug-likeness (QED) is 0.137. The van der Waals surface area contributed by atoms with E-state index in [4.69, 9.17) is 23.7 Å². The maximum atomic E-state index is 10.8. The van der Waals surface area contributed by atoms with Gasteiger partial charge in [0, 0.05) is 5.92 Å². The zero-order valence-electron chi connectivity index (χ0n) is 23.4. The molecule has 5 aliphatic rings. The van der Waals surface area contributed by atoms with E-state index in [2.05, 4.69) is 0 Å². The van der Waals surface area contributed by atoms with Gasteiger partial charge in [-0.1, -0.05) is 0 Å². The molecule has 3 saturated heterocycles. The maximum Gasteiger partial charge on any atom is 0.187 e. The van der Waals surface area contributed by atoms with Crippen molar-refractivity contribution in [1.82, 2.24) is 0 Å². The third-order valence-electron chi connectivity index (χ3n) is 9.69. The average molecular weight is 611 g/mol. The molecule has 0 bridgehead atoms. The van der Waals surface area contributed by atoms with Gasteiger partial charge in [-0.2, -0.15) is 0 Å². The van der Waals surface area contributed by atoms with Gasteiger partial charge >= 0.3 is 0 Å². The molecule has 10 N–H and O–H groups in total. The first-order valence-corrected chi connectivity index (χ1v) is 14.9. The number of aliphatic hydroxyl groups is 10.